The summed E-state index contributed by atoms with van der Waals surface area (Å²) in [6.07, 6.45) is 2.32. The highest BCUT2D eigenvalue weighted by molar-refractivity contribution is 14.0. The Morgan fingerprint density at radius 2 is 1.97 bits per heavy atom. The van der Waals surface area contributed by atoms with Gasteiger partial charge in [-0.15, -0.1) is 24.0 Å². The first-order valence-corrected chi connectivity index (χ1v) is 11.5. The van der Waals surface area contributed by atoms with Crippen molar-refractivity contribution in [3.05, 3.63) is 29.3 Å². The van der Waals surface area contributed by atoms with Crippen LogP contribution in [-0.2, 0) is 11.3 Å². The first-order valence-electron chi connectivity index (χ1n) is 10.5. The van der Waals surface area contributed by atoms with Crippen LogP contribution >= 0.6 is 35.7 Å². The third-order valence-electron chi connectivity index (χ3n) is 4.77. The number of halogens is 1. The largest absolute Gasteiger partial charge is 0.491 e. The van der Waals surface area contributed by atoms with Gasteiger partial charge < -0.3 is 20.1 Å². The maximum atomic E-state index is 5.99. The zero-order valence-electron chi connectivity index (χ0n) is 18.5. The summed E-state index contributed by atoms with van der Waals surface area (Å²) in [5.74, 6) is 2.91. The number of thioether (sulfide) groups is 1. The van der Waals surface area contributed by atoms with Crippen LogP contribution in [0.2, 0.25) is 0 Å². The Labute approximate surface area is 198 Å². The minimum atomic E-state index is 0. The Morgan fingerprint density at radius 1 is 1.24 bits per heavy atom. The quantitative estimate of drug-likeness (QED) is 0.272. The lowest BCUT2D eigenvalue weighted by molar-refractivity contribution is 0.0782. The molecular formula is C22H38IN3O2S. The van der Waals surface area contributed by atoms with Gasteiger partial charge in [-0.25, -0.2) is 4.99 Å². The van der Waals surface area contributed by atoms with Crippen LogP contribution in [0.25, 0.3) is 0 Å². The van der Waals surface area contributed by atoms with Gasteiger partial charge in [-0.1, -0.05) is 19.1 Å². The van der Waals surface area contributed by atoms with Crippen LogP contribution in [0, 0.1) is 6.92 Å². The third kappa shape index (κ3) is 8.92. The number of benzene rings is 1. The van der Waals surface area contributed by atoms with Crippen molar-refractivity contribution >= 4 is 41.7 Å². The van der Waals surface area contributed by atoms with E-state index < -0.39 is 0 Å². The lowest BCUT2D eigenvalue weighted by atomic mass is 9.99. The predicted octanol–water partition coefficient (Wildman–Crippen LogP) is 4.76. The monoisotopic (exact) mass is 535 g/mol. The van der Waals surface area contributed by atoms with E-state index in [1.807, 2.05) is 11.8 Å². The Hall–Kier alpha value is -0.670. The van der Waals surface area contributed by atoms with Crippen LogP contribution < -0.4 is 15.4 Å². The van der Waals surface area contributed by atoms with Gasteiger partial charge in [0.15, 0.2) is 5.96 Å². The number of nitrogens with one attached hydrogen (secondary N) is 2. The summed E-state index contributed by atoms with van der Waals surface area (Å²) in [5.41, 5.74) is 2.31. The van der Waals surface area contributed by atoms with E-state index in [2.05, 4.69) is 63.5 Å². The Kier molecular flexibility index (Phi) is 12.4. The highest BCUT2D eigenvalue weighted by Gasteiger charge is 2.32. The molecule has 0 radical (unpaired) electrons. The van der Waals surface area contributed by atoms with E-state index in [1.54, 1.807) is 0 Å². The first-order chi connectivity index (χ1) is 13.5. The highest BCUT2D eigenvalue weighted by atomic mass is 127. The molecule has 0 amide bonds. The topological polar surface area (TPSA) is 54.9 Å². The SMILES string of the molecule is CCNC(=NCc1ccc(C)cc1OC(C)C)NCC1(SCC)CCOCC1.I. The summed E-state index contributed by atoms with van der Waals surface area (Å²) in [6, 6.07) is 6.33. The summed E-state index contributed by atoms with van der Waals surface area (Å²) < 4.78 is 11.8. The fraction of sp³-hybridized carbons (Fsp3) is 0.682. The lowest BCUT2D eigenvalue weighted by Crippen LogP contribution is -2.48. The van der Waals surface area contributed by atoms with Crippen molar-refractivity contribution < 1.29 is 9.47 Å². The highest BCUT2D eigenvalue weighted by Crippen LogP contribution is 2.34. The number of hydrogen-bond acceptors (Lipinski definition) is 4. The van der Waals surface area contributed by atoms with Crippen molar-refractivity contribution in [3.63, 3.8) is 0 Å². The molecule has 0 unspecified atom stereocenters. The molecule has 1 saturated heterocycles. The fourth-order valence-electron chi connectivity index (χ4n) is 3.33. The number of ether oxygens (including phenoxy) is 2. The second-order valence-corrected chi connectivity index (χ2v) is 9.29. The van der Waals surface area contributed by atoms with E-state index in [9.17, 15) is 0 Å². The molecule has 1 aliphatic rings. The van der Waals surface area contributed by atoms with E-state index in [4.69, 9.17) is 14.5 Å². The van der Waals surface area contributed by atoms with Gasteiger partial charge in [-0.2, -0.15) is 11.8 Å². The van der Waals surface area contributed by atoms with Crippen molar-refractivity contribution in [1.29, 1.82) is 0 Å². The van der Waals surface area contributed by atoms with Gasteiger partial charge in [0.05, 0.1) is 12.6 Å². The van der Waals surface area contributed by atoms with Crippen LogP contribution in [0.1, 0.15) is 51.7 Å². The van der Waals surface area contributed by atoms with Gasteiger partial charge in [0.1, 0.15) is 5.75 Å². The Morgan fingerprint density at radius 3 is 2.59 bits per heavy atom. The van der Waals surface area contributed by atoms with Crippen LogP contribution in [0.15, 0.2) is 23.2 Å². The van der Waals surface area contributed by atoms with Gasteiger partial charge in [-0.05, 0) is 57.9 Å². The van der Waals surface area contributed by atoms with E-state index in [-0.39, 0.29) is 34.8 Å². The van der Waals surface area contributed by atoms with E-state index in [1.165, 1.54) is 5.56 Å². The van der Waals surface area contributed by atoms with Crippen LogP contribution in [-0.4, -0.2) is 48.9 Å². The second kappa shape index (κ2) is 13.6. The number of rotatable bonds is 9. The minimum absolute atomic E-state index is 0. The molecule has 2 rings (SSSR count). The molecule has 0 atom stereocenters. The summed E-state index contributed by atoms with van der Waals surface area (Å²) in [7, 11) is 0. The molecule has 1 aromatic carbocycles. The Balaban J connectivity index is 0.00000420. The standard InChI is InChI=1S/C22H37N3O2S.HI/c1-6-23-21(25-16-22(28-7-2)10-12-26-13-11-22)24-15-19-9-8-18(5)14-20(19)27-17(3)4;/h8-9,14,17H,6-7,10-13,15-16H2,1-5H3,(H2,23,24,25);1H. The molecule has 0 aromatic heterocycles. The van der Waals surface area contributed by atoms with Gasteiger partial charge >= 0.3 is 0 Å². The molecule has 0 spiro atoms. The average molecular weight is 536 g/mol. The molecule has 0 aliphatic carbocycles. The van der Waals surface area contributed by atoms with Gasteiger partial charge in [0, 0.05) is 36.6 Å². The molecule has 0 saturated carbocycles. The van der Waals surface area contributed by atoms with Crippen molar-refractivity contribution in [2.24, 2.45) is 4.99 Å². The third-order valence-corrected chi connectivity index (χ3v) is 6.22. The zero-order valence-corrected chi connectivity index (χ0v) is 21.7. The zero-order chi connectivity index (χ0) is 20.4. The fourth-order valence-corrected chi connectivity index (χ4v) is 4.57. The van der Waals surface area contributed by atoms with Gasteiger partial charge in [0.2, 0.25) is 0 Å². The molecular weight excluding hydrogens is 497 g/mol. The molecule has 1 aliphatic heterocycles. The molecule has 1 fully saturated rings. The molecule has 5 nitrogen and oxygen atoms in total. The second-order valence-electron chi connectivity index (χ2n) is 7.55. The number of nitrogens with zero attached hydrogens (tertiary/aromatic N) is 1. The van der Waals surface area contributed by atoms with E-state index in [0.29, 0.717) is 6.54 Å². The predicted molar refractivity (Wildman–Crippen MR) is 136 cm³/mol. The molecule has 1 aromatic rings. The number of hydrogen-bond donors (Lipinski definition) is 2. The van der Waals surface area contributed by atoms with Gasteiger partial charge in [-0.3, -0.25) is 0 Å². The van der Waals surface area contributed by atoms with Crippen LogP contribution in [0.4, 0.5) is 0 Å². The first kappa shape index (κ1) is 26.4. The van der Waals surface area contributed by atoms with Crippen molar-refractivity contribution in [2.45, 2.75) is 64.9 Å². The molecule has 0 bridgehead atoms. The minimum Gasteiger partial charge on any atom is -0.491 e. The van der Waals surface area contributed by atoms with Gasteiger partial charge in [0.25, 0.3) is 0 Å². The Bertz CT molecular complexity index is 629. The number of guanidine groups is 1. The normalized spacial score (nSPS) is 16.3. The average Bonchev–Trinajstić information content (AvgIpc) is 2.66. The maximum absolute atomic E-state index is 5.99. The number of aliphatic imine (C=N–C) groups is 1. The molecule has 166 valence electrons. The summed E-state index contributed by atoms with van der Waals surface area (Å²) in [4.78, 5) is 4.83. The van der Waals surface area contributed by atoms with Crippen LogP contribution in [0.5, 0.6) is 5.75 Å². The summed E-state index contributed by atoms with van der Waals surface area (Å²) in [5, 5.41) is 6.96. The van der Waals surface area contributed by atoms with Crippen molar-refractivity contribution in [3.8, 4) is 5.75 Å². The molecule has 7 heteroatoms. The summed E-state index contributed by atoms with van der Waals surface area (Å²) >= 11 is 2.04. The van der Waals surface area contributed by atoms with Crippen molar-refractivity contribution in [2.75, 3.05) is 32.1 Å². The molecule has 29 heavy (non-hydrogen) atoms. The van der Waals surface area contributed by atoms with E-state index in [0.717, 1.165) is 62.2 Å². The maximum Gasteiger partial charge on any atom is 0.191 e. The van der Waals surface area contributed by atoms with Crippen LogP contribution in [0.3, 0.4) is 0 Å². The van der Waals surface area contributed by atoms with Crippen molar-refractivity contribution in [1.82, 2.24) is 10.6 Å². The smallest absolute Gasteiger partial charge is 0.191 e. The number of aryl methyl sites for hydroxylation is 1. The molecule has 2 N–H and O–H groups in total. The van der Waals surface area contributed by atoms with E-state index >= 15 is 0 Å². The lowest BCUT2D eigenvalue weighted by Gasteiger charge is -2.37. The summed E-state index contributed by atoms with van der Waals surface area (Å²) in [6.45, 7) is 14.6. The molecule has 1 heterocycles.